The molecule has 0 atom stereocenters. The first-order valence-corrected chi connectivity index (χ1v) is 3.27. The van der Waals surface area contributed by atoms with Crippen molar-refractivity contribution in [2.45, 2.75) is 6.92 Å². The highest BCUT2D eigenvalue weighted by atomic mass is 16.4. The molecule has 3 heteroatoms. The van der Waals surface area contributed by atoms with Crippen molar-refractivity contribution in [3.05, 3.63) is 29.3 Å². The highest BCUT2D eigenvalue weighted by molar-refractivity contribution is 5.81. The second-order valence-electron chi connectivity index (χ2n) is 2.36. The van der Waals surface area contributed by atoms with Gasteiger partial charge >= 0.3 is 0 Å². The summed E-state index contributed by atoms with van der Waals surface area (Å²) in [4.78, 5) is 0. The smallest absolute Gasteiger partial charge is 0.0736 e. The van der Waals surface area contributed by atoms with Crippen LogP contribution in [0.2, 0.25) is 0 Å². The average Bonchev–Trinajstić information content (AvgIpc) is 1.95. The number of aryl methyl sites for hydroxylation is 1. The lowest BCUT2D eigenvalue weighted by molar-refractivity contribution is 0.322. The molecule has 0 aliphatic rings. The Labute approximate surface area is 65.1 Å². The molecule has 3 nitrogen and oxygen atoms in total. The summed E-state index contributed by atoms with van der Waals surface area (Å²) in [6.07, 6.45) is 1.38. The number of oxime groups is 1. The third kappa shape index (κ3) is 1.70. The van der Waals surface area contributed by atoms with Gasteiger partial charge in [-0.2, -0.15) is 0 Å². The predicted molar refractivity (Wildman–Crippen MR) is 45.0 cm³/mol. The number of anilines is 1. The van der Waals surface area contributed by atoms with Crippen LogP contribution in [0.1, 0.15) is 11.1 Å². The molecule has 0 heterocycles. The molecule has 3 N–H and O–H groups in total. The third-order valence-corrected chi connectivity index (χ3v) is 1.49. The highest BCUT2D eigenvalue weighted by Crippen LogP contribution is 2.09. The fourth-order valence-electron chi connectivity index (χ4n) is 0.906. The molecule has 58 valence electrons. The molecule has 0 saturated carbocycles. The van der Waals surface area contributed by atoms with Gasteiger partial charge < -0.3 is 10.9 Å². The van der Waals surface area contributed by atoms with Crippen molar-refractivity contribution < 1.29 is 5.21 Å². The topological polar surface area (TPSA) is 58.6 Å². The summed E-state index contributed by atoms with van der Waals surface area (Å²) in [5.74, 6) is 0. The van der Waals surface area contributed by atoms with E-state index < -0.39 is 0 Å². The average molecular weight is 150 g/mol. The zero-order valence-corrected chi connectivity index (χ0v) is 6.28. The Morgan fingerprint density at radius 1 is 1.55 bits per heavy atom. The quantitative estimate of drug-likeness (QED) is 0.275. The molecule has 1 rings (SSSR count). The molecule has 0 radical (unpaired) electrons. The van der Waals surface area contributed by atoms with Crippen LogP contribution < -0.4 is 5.73 Å². The van der Waals surface area contributed by atoms with Crippen molar-refractivity contribution in [1.29, 1.82) is 0 Å². The molecule has 0 aliphatic carbocycles. The molecular formula is C8H10N2O. The molecule has 0 fully saturated rings. The maximum absolute atomic E-state index is 8.25. The molecule has 0 amide bonds. The van der Waals surface area contributed by atoms with E-state index in [1.54, 1.807) is 6.07 Å². The second kappa shape index (κ2) is 3.05. The largest absolute Gasteiger partial charge is 0.411 e. The van der Waals surface area contributed by atoms with E-state index in [2.05, 4.69) is 5.16 Å². The van der Waals surface area contributed by atoms with Gasteiger partial charge in [-0.25, -0.2) is 0 Å². The van der Waals surface area contributed by atoms with E-state index in [0.717, 1.165) is 16.8 Å². The SMILES string of the molecule is Cc1cc(N)ccc1C=NO. The van der Waals surface area contributed by atoms with Crippen molar-refractivity contribution in [2.75, 3.05) is 5.73 Å². The van der Waals surface area contributed by atoms with E-state index in [1.165, 1.54) is 6.21 Å². The third-order valence-electron chi connectivity index (χ3n) is 1.49. The Balaban J connectivity index is 3.09. The van der Waals surface area contributed by atoms with Gasteiger partial charge in [-0.3, -0.25) is 0 Å². The van der Waals surface area contributed by atoms with Crippen molar-refractivity contribution in [2.24, 2.45) is 5.16 Å². The van der Waals surface area contributed by atoms with E-state index in [0.29, 0.717) is 0 Å². The molecule has 0 aliphatic heterocycles. The lowest BCUT2D eigenvalue weighted by Gasteiger charge is -1.99. The van der Waals surface area contributed by atoms with Crippen LogP contribution in [0, 0.1) is 6.92 Å². The van der Waals surface area contributed by atoms with Crippen LogP contribution in [0.15, 0.2) is 23.4 Å². The summed E-state index contributed by atoms with van der Waals surface area (Å²) in [6, 6.07) is 5.41. The summed E-state index contributed by atoms with van der Waals surface area (Å²) in [7, 11) is 0. The van der Waals surface area contributed by atoms with Crippen molar-refractivity contribution in [3.63, 3.8) is 0 Å². The molecule has 0 unspecified atom stereocenters. The number of nitrogens with two attached hydrogens (primary N) is 1. The zero-order valence-electron chi connectivity index (χ0n) is 6.28. The zero-order chi connectivity index (χ0) is 8.27. The number of hydrogen-bond donors (Lipinski definition) is 2. The number of nitrogens with zero attached hydrogens (tertiary/aromatic N) is 1. The number of rotatable bonds is 1. The van der Waals surface area contributed by atoms with E-state index in [1.807, 2.05) is 19.1 Å². The lowest BCUT2D eigenvalue weighted by atomic mass is 10.1. The van der Waals surface area contributed by atoms with Gasteiger partial charge in [0, 0.05) is 5.69 Å². The van der Waals surface area contributed by atoms with Crippen LogP contribution in [-0.4, -0.2) is 11.4 Å². The minimum Gasteiger partial charge on any atom is -0.411 e. The van der Waals surface area contributed by atoms with Crippen LogP contribution in [0.5, 0.6) is 0 Å². The number of hydrogen-bond acceptors (Lipinski definition) is 3. The number of benzene rings is 1. The summed E-state index contributed by atoms with van der Waals surface area (Å²) < 4.78 is 0. The Kier molecular flexibility index (Phi) is 2.11. The van der Waals surface area contributed by atoms with Crippen LogP contribution in [0.4, 0.5) is 5.69 Å². The fourth-order valence-corrected chi connectivity index (χ4v) is 0.906. The van der Waals surface area contributed by atoms with Crippen LogP contribution in [0.3, 0.4) is 0 Å². The first kappa shape index (κ1) is 7.60. The minimum atomic E-state index is 0.720. The first-order valence-electron chi connectivity index (χ1n) is 3.27. The Bertz CT molecular complexity index is 281. The van der Waals surface area contributed by atoms with Crippen molar-refractivity contribution in [3.8, 4) is 0 Å². The number of nitrogen functional groups attached to an aromatic ring is 1. The normalized spacial score (nSPS) is 10.6. The van der Waals surface area contributed by atoms with Gasteiger partial charge in [-0.1, -0.05) is 11.2 Å². The lowest BCUT2D eigenvalue weighted by Crippen LogP contribution is -1.90. The molecule has 0 aromatic heterocycles. The maximum Gasteiger partial charge on any atom is 0.0736 e. The van der Waals surface area contributed by atoms with Crippen molar-refractivity contribution >= 4 is 11.9 Å². The van der Waals surface area contributed by atoms with Crippen LogP contribution in [-0.2, 0) is 0 Å². The molecule has 11 heavy (non-hydrogen) atoms. The standard InChI is InChI=1S/C8H10N2O/c1-6-4-8(9)3-2-7(6)5-10-11/h2-5,11H,9H2,1H3. The molecule has 1 aromatic carbocycles. The Morgan fingerprint density at radius 3 is 2.82 bits per heavy atom. The maximum atomic E-state index is 8.25. The highest BCUT2D eigenvalue weighted by Gasteiger charge is 1.93. The van der Waals surface area contributed by atoms with Crippen molar-refractivity contribution in [1.82, 2.24) is 0 Å². The molecule has 0 spiro atoms. The summed E-state index contributed by atoms with van der Waals surface area (Å²) >= 11 is 0. The summed E-state index contributed by atoms with van der Waals surface area (Å²) in [6.45, 7) is 1.91. The van der Waals surface area contributed by atoms with Gasteiger partial charge in [0.15, 0.2) is 0 Å². The molecule has 0 saturated heterocycles. The van der Waals surface area contributed by atoms with E-state index >= 15 is 0 Å². The molecule has 1 aromatic rings. The van der Waals surface area contributed by atoms with Gasteiger partial charge in [0.2, 0.25) is 0 Å². The van der Waals surface area contributed by atoms with Gasteiger partial charge in [-0.05, 0) is 30.2 Å². The van der Waals surface area contributed by atoms with Gasteiger partial charge in [0.1, 0.15) is 0 Å². The minimum absolute atomic E-state index is 0.720. The van der Waals surface area contributed by atoms with Crippen LogP contribution in [0.25, 0.3) is 0 Å². The Morgan fingerprint density at radius 2 is 2.27 bits per heavy atom. The first-order chi connectivity index (χ1) is 5.24. The van der Waals surface area contributed by atoms with Gasteiger partial charge in [-0.15, -0.1) is 0 Å². The van der Waals surface area contributed by atoms with E-state index in [9.17, 15) is 0 Å². The van der Waals surface area contributed by atoms with Crippen LogP contribution >= 0.6 is 0 Å². The van der Waals surface area contributed by atoms with E-state index in [4.69, 9.17) is 10.9 Å². The van der Waals surface area contributed by atoms with Gasteiger partial charge in [0.25, 0.3) is 0 Å². The predicted octanol–water partition coefficient (Wildman–Crippen LogP) is 1.39. The van der Waals surface area contributed by atoms with Gasteiger partial charge in [0.05, 0.1) is 6.21 Å². The molecular weight excluding hydrogens is 140 g/mol. The van der Waals surface area contributed by atoms with E-state index in [-0.39, 0.29) is 0 Å². The monoisotopic (exact) mass is 150 g/mol. The Hall–Kier alpha value is -1.51. The fraction of sp³-hybridized carbons (Fsp3) is 0.125. The summed E-state index contributed by atoms with van der Waals surface area (Å²) in [5, 5.41) is 11.2. The molecule has 0 bridgehead atoms. The second-order valence-corrected chi connectivity index (χ2v) is 2.36. The summed E-state index contributed by atoms with van der Waals surface area (Å²) in [5.41, 5.74) is 8.12.